The van der Waals surface area contributed by atoms with E-state index in [1.165, 1.54) is 5.56 Å². The fourth-order valence-electron chi connectivity index (χ4n) is 3.15. The van der Waals surface area contributed by atoms with Crippen LogP contribution in [0.1, 0.15) is 24.8 Å². The second-order valence-electron chi connectivity index (χ2n) is 6.47. The molecule has 1 aromatic rings. The highest BCUT2D eigenvalue weighted by Crippen LogP contribution is 2.48. The van der Waals surface area contributed by atoms with E-state index < -0.39 is 0 Å². The monoisotopic (exact) mass is 366 g/mol. The molecule has 1 unspecified atom stereocenters. The molecule has 1 amide bonds. The van der Waals surface area contributed by atoms with Crippen LogP contribution in [0.2, 0.25) is 0 Å². The number of benzene rings is 1. The minimum absolute atomic E-state index is 0.159. The van der Waals surface area contributed by atoms with E-state index >= 15 is 0 Å². The normalized spacial score (nSPS) is 23.1. The Bertz CT molecular complexity index is 522. The van der Waals surface area contributed by atoms with Crippen molar-refractivity contribution in [3.63, 3.8) is 0 Å². The molecule has 0 bridgehead atoms. The SMILES string of the molecule is CN(CC1(c2ccc(Br)cc2)CC1)C(=O)CC1COCCN1. The van der Waals surface area contributed by atoms with Crippen LogP contribution in [0.5, 0.6) is 0 Å². The zero-order valence-corrected chi connectivity index (χ0v) is 14.6. The smallest absolute Gasteiger partial charge is 0.223 e. The van der Waals surface area contributed by atoms with Gasteiger partial charge >= 0.3 is 0 Å². The molecule has 2 fully saturated rings. The Balaban J connectivity index is 1.57. The van der Waals surface area contributed by atoms with Gasteiger partial charge in [0.15, 0.2) is 0 Å². The Kier molecular flexibility index (Phi) is 4.85. The van der Waals surface area contributed by atoms with Crippen molar-refractivity contribution in [2.24, 2.45) is 0 Å². The molecule has 1 N–H and O–H groups in total. The highest BCUT2D eigenvalue weighted by molar-refractivity contribution is 9.10. The van der Waals surface area contributed by atoms with Gasteiger partial charge < -0.3 is 15.0 Å². The number of ether oxygens (including phenoxy) is 1. The molecule has 1 saturated carbocycles. The molecular formula is C17H23BrN2O2. The van der Waals surface area contributed by atoms with Gasteiger partial charge in [-0.3, -0.25) is 4.79 Å². The van der Waals surface area contributed by atoms with Crippen molar-refractivity contribution in [2.45, 2.75) is 30.7 Å². The summed E-state index contributed by atoms with van der Waals surface area (Å²) in [5, 5.41) is 3.34. The average Bonchev–Trinajstić information content (AvgIpc) is 3.29. The molecule has 0 spiro atoms. The summed E-state index contributed by atoms with van der Waals surface area (Å²) in [4.78, 5) is 14.3. The third-order valence-corrected chi connectivity index (χ3v) is 5.22. The number of nitrogens with zero attached hydrogens (tertiary/aromatic N) is 1. The molecule has 2 aliphatic rings. The van der Waals surface area contributed by atoms with Crippen molar-refractivity contribution in [1.29, 1.82) is 0 Å². The Morgan fingerprint density at radius 1 is 1.41 bits per heavy atom. The third kappa shape index (κ3) is 3.70. The summed E-state index contributed by atoms with van der Waals surface area (Å²) in [6, 6.07) is 8.67. The maximum atomic E-state index is 12.4. The number of hydrogen-bond donors (Lipinski definition) is 1. The molecule has 1 aliphatic carbocycles. The van der Waals surface area contributed by atoms with Crippen LogP contribution in [0.4, 0.5) is 0 Å². The van der Waals surface area contributed by atoms with E-state index in [4.69, 9.17) is 4.74 Å². The van der Waals surface area contributed by atoms with Crippen LogP contribution in [0.3, 0.4) is 0 Å². The van der Waals surface area contributed by atoms with Gasteiger partial charge in [-0.25, -0.2) is 0 Å². The average molecular weight is 367 g/mol. The molecule has 120 valence electrons. The summed E-state index contributed by atoms with van der Waals surface area (Å²) in [6.07, 6.45) is 2.85. The molecule has 1 heterocycles. The Labute approximate surface area is 140 Å². The largest absolute Gasteiger partial charge is 0.378 e. The maximum absolute atomic E-state index is 12.4. The van der Waals surface area contributed by atoms with Gasteiger partial charge in [0.2, 0.25) is 5.91 Å². The van der Waals surface area contributed by atoms with Gasteiger partial charge in [-0.1, -0.05) is 28.1 Å². The van der Waals surface area contributed by atoms with Crippen LogP contribution in [0.25, 0.3) is 0 Å². The molecule has 4 nitrogen and oxygen atoms in total. The number of morpholine rings is 1. The first-order valence-corrected chi connectivity index (χ1v) is 8.69. The molecule has 0 radical (unpaired) electrons. The van der Waals surface area contributed by atoms with E-state index in [9.17, 15) is 4.79 Å². The quantitative estimate of drug-likeness (QED) is 0.869. The van der Waals surface area contributed by atoms with Crippen LogP contribution < -0.4 is 5.32 Å². The number of rotatable bonds is 5. The third-order valence-electron chi connectivity index (χ3n) is 4.70. The van der Waals surface area contributed by atoms with Crippen molar-refractivity contribution >= 4 is 21.8 Å². The van der Waals surface area contributed by atoms with Crippen LogP contribution in [-0.2, 0) is 14.9 Å². The number of halogens is 1. The van der Waals surface area contributed by atoms with E-state index in [0.29, 0.717) is 13.0 Å². The Morgan fingerprint density at radius 3 is 2.73 bits per heavy atom. The Hall–Kier alpha value is -0.910. The highest BCUT2D eigenvalue weighted by Gasteiger charge is 2.45. The lowest BCUT2D eigenvalue weighted by Gasteiger charge is -2.28. The Morgan fingerprint density at radius 2 is 2.14 bits per heavy atom. The van der Waals surface area contributed by atoms with Gasteiger partial charge in [-0.15, -0.1) is 0 Å². The lowest BCUT2D eigenvalue weighted by molar-refractivity contribution is -0.131. The first kappa shape index (κ1) is 16.0. The predicted octanol–water partition coefficient (Wildman–Crippen LogP) is 2.32. The number of hydrogen-bond acceptors (Lipinski definition) is 3. The van der Waals surface area contributed by atoms with Gasteiger partial charge in [0.1, 0.15) is 0 Å². The van der Waals surface area contributed by atoms with Crippen molar-refractivity contribution < 1.29 is 9.53 Å². The van der Waals surface area contributed by atoms with E-state index in [2.05, 4.69) is 45.5 Å². The zero-order valence-electron chi connectivity index (χ0n) is 13.0. The molecule has 1 saturated heterocycles. The molecule has 5 heteroatoms. The van der Waals surface area contributed by atoms with Crippen molar-refractivity contribution in [1.82, 2.24) is 10.2 Å². The van der Waals surface area contributed by atoms with Crippen LogP contribution in [0.15, 0.2) is 28.7 Å². The first-order valence-electron chi connectivity index (χ1n) is 7.90. The van der Waals surface area contributed by atoms with E-state index in [-0.39, 0.29) is 17.4 Å². The number of nitrogens with one attached hydrogen (secondary N) is 1. The zero-order chi connectivity index (χ0) is 15.6. The first-order chi connectivity index (χ1) is 10.6. The van der Waals surface area contributed by atoms with Crippen LogP contribution in [-0.4, -0.2) is 50.2 Å². The van der Waals surface area contributed by atoms with Crippen molar-refractivity contribution in [2.75, 3.05) is 33.4 Å². The summed E-state index contributed by atoms with van der Waals surface area (Å²) >= 11 is 3.48. The van der Waals surface area contributed by atoms with Crippen LogP contribution in [0, 0.1) is 0 Å². The van der Waals surface area contributed by atoms with E-state index in [1.807, 2.05) is 11.9 Å². The van der Waals surface area contributed by atoms with Gasteiger partial charge in [0, 0.05) is 42.5 Å². The topological polar surface area (TPSA) is 41.6 Å². The fourth-order valence-corrected chi connectivity index (χ4v) is 3.42. The summed E-state index contributed by atoms with van der Waals surface area (Å²) < 4.78 is 6.52. The predicted molar refractivity (Wildman–Crippen MR) is 89.9 cm³/mol. The minimum Gasteiger partial charge on any atom is -0.378 e. The van der Waals surface area contributed by atoms with Crippen LogP contribution >= 0.6 is 15.9 Å². The lowest BCUT2D eigenvalue weighted by atomic mass is 9.95. The maximum Gasteiger partial charge on any atom is 0.223 e. The van der Waals surface area contributed by atoms with Gasteiger partial charge in [0.05, 0.1) is 13.2 Å². The number of carbonyl (C=O) groups excluding carboxylic acids is 1. The summed E-state index contributed by atoms with van der Waals surface area (Å²) in [7, 11) is 1.92. The molecule has 1 atom stereocenters. The molecule has 1 aromatic carbocycles. The number of carbonyl (C=O) groups is 1. The lowest BCUT2D eigenvalue weighted by Crippen LogP contribution is -2.45. The summed E-state index contributed by atoms with van der Waals surface area (Å²) in [5.74, 6) is 0.200. The highest BCUT2D eigenvalue weighted by atomic mass is 79.9. The number of likely N-dealkylation sites (N-methyl/N-ethyl adjacent to an activating group) is 1. The second-order valence-corrected chi connectivity index (χ2v) is 7.38. The molecule has 22 heavy (non-hydrogen) atoms. The van der Waals surface area contributed by atoms with Gasteiger partial charge in [-0.05, 0) is 30.5 Å². The fraction of sp³-hybridized carbons (Fsp3) is 0.588. The van der Waals surface area contributed by atoms with Gasteiger partial charge in [-0.2, -0.15) is 0 Å². The minimum atomic E-state index is 0.159. The van der Waals surface area contributed by atoms with E-state index in [0.717, 1.165) is 37.0 Å². The standard InChI is InChI=1S/C17H23BrN2O2/c1-20(16(21)10-15-11-22-9-8-19-15)12-17(6-7-17)13-2-4-14(18)5-3-13/h2-5,15,19H,6-12H2,1H3. The number of amides is 1. The summed E-state index contributed by atoms with van der Waals surface area (Å²) in [5.41, 5.74) is 1.51. The van der Waals surface area contributed by atoms with Crippen molar-refractivity contribution in [3.8, 4) is 0 Å². The summed E-state index contributed by atoms with van der Waals surface area (Å²) in [6.45, 7) is 3.02. The van der Waals surface area contributed by atoms with Crippen molar-refractivity contribution in [3.05, 3.63) is 34.3 Å². The molecular weight excluding hydrogens is 344 g/mol. The van der Waals surface area contributed by atoms with Gasteiger partial charge in [0.25, 0.3) is 0 Å². The second kappa shape index (κ2) is 6.69. The molecule has 3 rings (SSSR count). The molecule has 1 aliphatic heterocycles. The molecule has 0 aromatic heterocycles. The van der Waals surface area contributed by atoms with E-state index in [1.54, 1.807) is 0 Å².